The van der Waals surface area contributed by atoms with Crippen LogP contribution < -0.4 is 0 Å². The maximum atomic E-state index is 9.60. The molecule has 1 N–H and O–H groups in total. The highest BCUT2D eigenvalue weighted by atomic mass is 16.3. The molecule has 7 heavy (non-hydrogen) atoms. The summed E-state index contributed by atoms with van der Waals surface area (Å²) in [4.78, 5) is 0. The van der Waals surface area contributed by atoms with Gasteiger partial charge >= 0.3 is 0 Å². The molecule has 0 unspecified atom stereocenters. The fourth-order valence-electron chi connectivity index (χ4n) is 0.243. The number of rotatable bonds is 0. The standard InChI is InChI=1S/C6H12O/c7-6-4-2-1-3-5-6/h6-7H,1-5H2/i1D2,2D2,3D2,4D2,5D2,6D. The molecular formula is C6H12O. The molecule has 1 nitrogen and oxygen atoms in total. The van der Waals surface area contributed by atoms with Gasteiger partial charge in [-0.1, -0.05) is 19.1 Å². The van der Waals surface area contributed by atoms with Crippen LogP contribution in [0.25, 0.3) is 0 Å². The predicted molar refractivity (Wildman–Crippen MR) is 29.1 cm³/mol. The van der Waals surface area contributed by atoms with Crippen LogP contribution in [-0.2, 0) is 0 Å². The van der Waals surface area contributed by atoms with Gasteiger partial charge in [0.25, 0.3) is 0 Å². The van der Waals surface area contributed by atoms with Crippen LogP contribution in [-0.4, -0.2) is 11.2 Å². The summed E-state index contributed by atoms with van der Waals surface area (Å²) in [7, 11) is 0. The molecule has 0 saturated heterocycles. The summed E-state index contributed by atoms with van der Waals surface area (Å²) in [6.45, 7) is 0. The molecule has 0 aromatic rings. The minimum absolute atomic E-state index is 3.57. The van der Waals surface area contributed by atoms with E-state index in [0.717, 1.165) is 0 Å². The van der Waals surface area contributed by atoms with Crippen LogP contribution in [0.2, 0.25) is 0 Å². The lowest BCUT2D eigenvalue weighted by atomic mass is 9.98. The fraction of sp³-hybridized carbons (Fsp3) is 1.00. The molecule has 1 heteroatoms. The van der Waals surface area contributed by atoms with Crippen molar-refractivity contribution in [3.63, 3.8) is 0 Å². The van der Waals surface area contributed by atoms with Crippen molar-refractivity contribution in [1.82, 2.24) is 0 Å². The van der Waals surface area contributed by atoms with E-state index < -0.39 is 37.9 Å². The summed E-state index contributed by atoms with van der Waals surface area (Å²) >= 11 is 0. The van der Waals surface area contributed by atoms with Gasteiger partial charge in [-0.2, -0.15) is 0 Å². The summed E-state index contributed by atoms with van der Waals surface area (Å²) in [6, 6.07) is 0. The molecule has 1 rings (SSSR count). The predicted octanol–water partition coefficient (Wildman–Crippen LogP) is 1.31. The third-order valence-electron chi connectivity index (χ3n) is 0.487. The first-order chi connectivity index (χ1) is 7.50. The van der Waals surface area contributed by atoms with E-state index in [4.69, 9.17) is 15.1 Å². The molecule has 42 valence electrons. The fourth-order valence-corrected chi connectivity index (χ4v) is 0.243. The Morgan fingerprint density at radius 3 is 2.57 bits per heavy atom. The molecule has 0 amide bonds. The minimum atomic E-state index is -3.78. The Bertz CT molecular complexity index is 253. The van der Waals surface area contributed by atoms with Crippen molar-refractivity contribution in [2.24, 2.45) is 0 Å². The number of hydrogen-bond acceptors (Lipinski definition) is 1. The second-order valence-corrected chi connectivity index (χ2v) is 0.974. The van der Waals surface area contributed by atoms with Crippen LogP contribution in [0.15, 0.2) is 0 Å². The molecule has 1 fully saturated rings. The van der Waals surface area contributed by atoms with E-state index in [1.54, 1.807) is 0 Å². The van der Waals surface area contributed by atoms with Crippen LogP contribution in [0.5, 0.6) is 0 Å². The molecule has 0 aromatic carbocycles. The molecule has 0 spiro atoms. The Morgan fingerprint density at radius 1 is 1.43 bits per heavy atom. The Kier molecular flexibility index (Phi) is 0.253. The summed E-state index contributed by atoms with van der Waals surface area (Å²) in [6.07, 6.45) is -21.8. The summed E-state index contributed by atoms with van der Waals surface area (Å²) in [5, 5.41) is 9.60. The number of aliphatic hydroxyl groups is 1. The summed E-state index contributed by atoms with van der Waals surface area (Å²) in [5.74, 6) is 0. The molecule has 1 saturated carbocycles. The van der Waals surface area contributed by atoms with E-state index in [0.29, 0.717) is 0 Å². The van der Waals surface area contributed by atoms with Crippen molar-refractivity contribution in [2.75, 3.05) is 0 Å². The molecule has 0 atom stereocenters. The van der Waals surface area contributed by atoms with E-state index in [1.807, 2.05) is 0 Å². The average Bonchev–Trinajstić information content (AvgIpc) is 2.14. The van der Waals surface area contributed by atoms with Gasteiger partial charge in [0.1, 0.15) is 0 Å². The van der Waals surface area contributed by atoms with Crippen molar-refractivity contribution in [3.8, 4) is 0 Å². The van der Waals surface area contributed by atoms with E-state index in [-0.39, 0.29) is 0 Å². The van der Waals surface area contributed by atoms with E-state index in [2.05, 4.69) is 0 Å². The van der Waals surface area contributed by atoms with Gasteiger partial charge in [0, 0.05) is 13.7 Å². The average molecular weight is 111 g/mol. The summed E-state index contributed by atoms with van der Waals surface area (Å²) in [5.41, 5.74) is 0. The van der Waals surface area contributed by atoms with Crippen molar-refractivity contribution < 1.29 is 20.2 Å². The van der Waals surface area contributed by atoms with Crippen LogP contribution in [0, 0.1) is 0 Å². The zero-order valence-corrected chi connectivity index (χ0v) is 3.45. The second-order valence-electron chi connectivity index (χ2n) is 0.974. The Morgan fingerprint density at radius 2 is 2.00 bits per heavy atom. The molecule has 0 aromatic heterocycles. The van der Waals surface area contributed by atoms with Gasteiger partial charge < -0.3 is 5.11 Å². The van der Waals surface area contributed by atoms with Gasteiger partial charge in [-0.15, -0.1) is 0 Å². The minimum Gasteiger partial charge on any atom is -0.393 e. The highest BCUT2D eigenvalue weighted by Crippen LogP contribution is 2.16. The van der Waals surface area contributed by atoms with E-state index >= 15 is 0 Å². The zero-order chi connectivity index (χ0) is 15.0. The highest BCUT2D eigenvalue weighted by molar-refractivity contribution is 4.61. The van der Waals surface area contributed by atoms with Crippen LogP contribution in [0.1, 0.15) is 46.9 Å². The molecular weight excluding hydrogens is 88.1 g/mol. The zero-order valence-electron chi connectivity index (χ0n) is 14.4. The molecule has 0 bridgehead atoms. The Labute approximate surface area is 59.8 Å². The third-order valence-corrected chi connectivity index (χ3v) is 0.487. The molecule has 0 radical (unpaired) electrons. The van der Waals surface area contributed by atoms with Crippen LogP contribution in [0.3, 0.4) is 0 Å². The maximum absolute atomic E-state index is 9.60. The molecule has 0 aliphatic heterocycles. The monoisotopic (exact) mass is 111 g/mol. The first-order valence-electron chi connectivity index (χ1n) is 7.22. The lowest BCUT2D eigenvalue weighted by molar-refractivity contribution is 0.130. The molecule has 0 heterocycles. The van der Waals surface area contributed by atoms with Gasteiger partial charge in [-0.05, 0) is 12.7 Å². The largest absolute Gasteiger partial charge is 0.393 e. The highest BCUT2D eigenvalue weighted by Gasteiger charge is 2.07. The molecule has 1 aliphatic carbocycles. The van der Waals surface area contributed by atoms with Gasteiger partial charge in [0.15, 0.2) is 0 Å². The van der Waals surface area contributed by atoms with Crippen LogP contribution >= 0.6 is 0 Å². The van der Waals surface area contributed by atoms with Gasteiger partial charge in [-0.25, -0.2) is 0 Å². The first kappa shape index (κ1) is 0.766. The second kappa shape index (κ2) is 2.31. The normalized spacial score (nSPS) is 89.0. The molecule has 1 aliphatic rings. The third kappa shape index (κ3) is 1.48. The quantitative estimate of drug-likeness (QED) is 0.499. The van der Waals surface area contributed by atoms with Crippen LogP contribution in [0.4, 0.5) is 0 Å². The Balaban J connectivity index is 3.72. The van der Waals surface area contributed by atoms with Gasteiger partial charge in [0.05, 0.1) is 7.45 Å². The van der Waals surface area contributed by atoms with Gasteiger partial charge in [0.2, 0.25) is 0 Å². The van der Waals surface area contributed by atoms with Crippen molar-refractivity contribution >= 4 is 0 Å². The van der Waals surface area contributed by atoms with E-state index in [1.165, 1.54) is 0 Å². The first-order valence-corrected chi connectivity index (χ1v) is 1.72. The van der Waals surface area contributed by atoms with E-state index in [9.17, 15) is 5.11 Å². The smallest absolute Gasteiger partial charge is 0.0600 e. The SMILES string of the molecule is [2H]C1([2H])C([2H])([2H])C([2H])([2H])C([2H])(O)C([2H])([2H])C1([2H])[2H]. The van der Waals surface area contributed by atoms with Crippen molar-refractivity contribution in [3.05, 3.63) is 0 Å². The topological polar surface area (TPSA) is 20.2 Å². The van der Waals surface area contributed by atoms with Crippen molar-refractivity contribution in [1.29, 1.82) is 0 Å². The summed E-state index contributed by atoms with van der Waals surface area (Å²) < 4.78 is 80.7. The van der Waals surface area contributed by atoms with Gasteiger partial charge in [-0.3, -0.25) is 0 Å². The Hall–Kier alpha value is -0.0400. The maximum Gasteiger partial charge on any atom is 0.0600 e. The lowest BCUT2D eigenvalue weighted by Gasteiger charge is -2.14. The van der Waals surface area contributed by atoms with Crippen molar-refractivity contribution in [2.45, 2.75) is 37.9 Å². The lowest BCUT2D eigenvalue weighted by Crippen LogP contribution is -2.09. The number of hydrogen-bond donors (Lipinski definition) is 1.